The molecule has 3 heterocycles. The topological polar surface area (TPSA) is 83.2 Å². The first-order valence-electron chi connectivity index (χ1n) is 9.30. The maximum atomic E-state index is 9.84. The van der Waals surface area contributed by atoms with Crippen molar-refractivity contribution in [2.24, 2.45) is 0 Å². The van der Waals surface area contributed by atoms with Gasteiger partial charge in [-0.2, -0.15) is 5.26 Å². The van der Waals surface area contributed by atoms with E-state index in [1.165, 1.54) is 11.8 Å². The van der Waals surface area contributed by atoms with Gasteiger partial charge in [0, 0.05) is 34.8 Å². The SMILES string of the molecule is [C-]#[N+]c1c(N)nc(SCc2csc(-c3ccc(Cl)cc3)n2)c(C#N)c1N1CCCC1. The average Bonchev–Trinajstić information content (AvgIpc) is 3.44. The van der Waals surface area contributed by atoms with E-state index in [1.54, 1.807) is 11.3 Å². The van der Waals surface area contributed by atoms with Crippen molar-refractivity contribution in [3.63, 3.8) is 0 Å². The molecule has 0 bridgehead atoms. The zero-order valence-electron chi connectivity index (χ0n) is 15.9. The van der Waals surface area contributed by atoms with Crippen LogP contribution >= 0.6 is 34.7 Å². The lowest BCUT2D eigenvalue weighted by Crippen LogP contribution is -2.20. The van der Waals surface area contributed by atoms with Crippen molar-refractivity contribution in [2.45, 2.75) is 23.6 Å². The molecule has 0 aliphatic carbocycles. The summed E-state index contributed by atoms with van der Waals surface area (Å²) in [6.07, 6.45) is 2.08. The van der Waals surface area contributed by atoms with E-state index in [-0.39, 0.29) is 11.5 Å². The van der Waals surface area contributed by atoms with Gasteiger partial charge < -0.3 is 10.6 Å². The molecule has 0 radical (unpaired) electrons. The van der Waals surface area contributed by atoms with Gasteiger partial charge in [0.15, 0.2) is 0 Å². The molecule has 1 aliphatic rings. The van der Waals surface area contributed by atoms with Gasteiger partial charge in [0.2, 0.25) is 0 Å². The maximum absolute atomic E-state index is 9.84. The molecule has 2 N–H and O–H groups in total. The molecular weight excluding hydrogens is 436 g/mol. The Morgan fingerprint density at radius 3 is 2.67 bits per heavy atom. The predicted octanol–water partition coefficient (Wildman–Crippen LogP) is 5.76. The Bertz CT molecular complexity index is 1150. The van der Waals surface area contributed by atoms with Gasteiger partial charge in [-0.05, 0) is 25.0 Å². The minimum absolute atomic E-state index is 0.175. The first-order chi connectivity index (χ1) is 14.6. The lowest BCUT2D eigenvalue weighted by Gasteiger charge is -2.22. The smallest absolute Gasteiger partial charge is 0.251 e. The monoisotopic (exact) mass is 452 g/mol. The van der Waals surface area contributed by atoms with Gasteiger partial charge in [-0.15, -0.1) is 11.3 Å². The van der Waals surface area contributed by atoms with Gasteiger partial charge >= 0.3 is 0 Å². The second-order valence-corrected chi connectivity index (χ2v) is 8.99. The molecule has 0 unspecified atom stereocenters. The van der Waals surface area contributed by atoms with Crippen molar-refractivity contribution in [3.8, 4) is 16.6 Å². The number of anilines is 2. The molecule has 6 nitrogen and oxygen atoms in total. The fraction of sp³-hybridized carbons (Fsp3) is 0.238. The van der Waals surface area contributed by atoms with Crippen LogP contribution < -0.4 is 10.6 Å². The summed E-state index contributed by atoms with van der Waals surface area (Å²) in [6.45, 7) is 9.15. The fourth-order valence-corrected chi connectivity index (χ4v) is 5.30. The Kier molecular flexibility index (Phi) is 6.10. The quantitative estimate of drug-likeness (QED) is 0.391. The van der Waals surface area contributed by atoms with Crippen molar-refractivity contribution in [3.05, 3.63) is 57.3 Å². The van der Waals surface area contributed by atoms with E-state index in [2.05, 4.69) is 20.8 Å². The van der Waals surface area contributed by atoms with E-state index >= 15 is 0 Å². The van der Waals surface area contributed by atoms with Crippen molar-refractivity contribution in [1.82, 2.24) is 9.97 Å². The predicted molar refractivity (Wildman–Crippen MR) is 123 cm³/mol. The second-order valence-electron chi connectivity index (χ2n) is 6.73. The first kappa shape index (κ1) is 20.5. The first-order valence-corrected chi connectivity index (χ1v) is 11.5. The van der Waals surface area contributed by atoms with Crippen molar-refractivity contribution >= 4 is 51.9 Å². The standard InChI is InChI=1S/C21H17ClN6S2/c1-25-17-18(28-8-2-3-9-28)16(10-23)21(27-19(17)24)30-12-15-11-29-20(26-15)13-4-6-14(22)7-5-13/h4-7,11H,2-3,8-9,12H2,(H2,24,27). The number of nitrogens with two attached hydrogens (primary N) is 1. The molecule has 0 amide bonds. The van der Waals surface area contributed by atoms with Gasteiger partial charge in [-0.3, -0.25) is 0 Å². The summed E-state index contributed by atoms with van der Waals surface area (Å²) in [6, 6.07) is 9.84. The number of nitrogens with zero attached hydrogens (tertiary/aromatic N) is 5. The highest BCUT2D eigenvalue weighted by molar-refractivity contribution is 7.98. The summed E-state index contributed by atoms with van der Waals surface area (Å²) in [4.78, 5) is 14.7. The molecule has 0 atom stereocenters. The van der Waals surface area contributed by atoms with E-state index in [1.807, 2.05) is 29.6 Å². The molecule has 1 aromatic carbocycles. The lowest BCUT2D eigenvalue weighted by atomic mass is 10.2. The Hall–Kier alpha value is -2.78. The minimum atomic E-state index is 0.175. The Labute approximate surface area is 188 Å². The number of pyridine rings is 1. The summed E-state index contributed by atoms with van der Waals surface area (Å²) in [5.41, 5.74) is 9.32. The van der Waals surface area contributed by atoms with Crippen LogP contribution in [-0.4, -0.2) is 23.1 Å². The highest BCUT2D eigenvalue weighted by atomic mass is 35.5. The van der Waals surface area contributed by atoms with Crippen LogP contribution in [0.5, 0.6) is 0 Å². The van der Waals surface area contributed by atoms with Gasteiger partial charge in [-0.25, -0.2) is 14.8 Å². The molecule has 1 aliphatic heterocycles. The molecule has 3 aromatic rings. The number of nitriles is 1. The number of rotatable bonds is 5. The van der Waals surface area contributed by atoms with Crippen LogP contribution in [-0.2, 0) is 5.75 Å². The van der Waals surface area contributed by atoms with Crippen LogP contribution in [0, 0.1) is 17.9 Å². The lowest BCUT2D eigenvalue weighted by molar-refractivity contribution is 0.949. The number of hydrogen-bond donors (Lipinski definition) is 1. The van der Waals surface area contributed by atoms with E-state index in [4.69, 9.17) is 28.9 Å². The van der Waals surface area contributed by atoms with Crippen LogP contribution in [0.4, 0.5) is 17.2 Å². The van der Waals surface area contributed by atoms with Crippen molar-refractivity contribution in [2.75, 3.05) is 23.7 Å². The Morgan fingerprint density at radius 1 is 1.27 bits per heavy atom. The van der Waals surface area contributed by atoms with Gasteiger partial charge in [0.05, 0.1) is 23.5 Å². The fourth-order valence-electron chi connectivity index (χ4n) is 3.36. The second kappa shape index (κ2) is 8.93. The Balaban J connectivity index is 1.60. The Morgan fingerprint density at radius 2 is 2.00 bits per heavy atom. The normalized spacial score (nSPS) is 13.2. The third kappa shape index (κ3) is 4.08. The molecule has 9 heteroatoms. The van der Waals surface area contributed by atoms with Gasteiger partial charge in [0.1, 0.15) is 21.9 Å². The summed E-state index contributed by atoms with van der Waals surface area (Å²) in [7, 11) is 0. The van der Waals surface area contributed by atoms with E-state index in [0.29, 0.717) is 27.1 Å². The van der Waals surface area contributed by atoms with E-state index in [9.17, 15) is 5.26 Å². The van der Waals surface area contributed by atoms with Crippen LogP contribution in [0.3, 0.4) is 0 Å². The van der Waals surface area contributed by atoms with Crippen LogP contribution in [0.15, 0.2) is 34.7 Å². The summed E-state index contributed by atoms with van der Waals surface area (Å²) >= 11 is 8.94. The third-order valence-electron chi connectivity index (χ3n) is 4.79. The van der Waals surface area contributed by atoms with Crippen molar-refractivity contribution < 1.29 is 0 Å². The van der Waals surface area contributed by atoms with Gasteiger partial charge in [-0.1, -0.05) is 35.5 Å². The highest BCUT2D eigenvalue weighted by Gasteiger charge is 2.25. The number of halogens is 1. The third-order valence-corrected chi connectivity index (χ3v) is 6.99. The van der Waals surface area contributed by atoms with Crippen LogP contribution in [0.25, 0.3) is 15.4 Å². The molecule has 0 saturated carbocycles. The number of aromatic nitrogens is 2. The molecule has 1 fully saturated rings. The zero-order chi connectivity index (χ0) is 21.1. The molecule has 1 saturated heterocycles. The number of thiazole rings is 1. The molecule has 0 spiro atoms. The number of hydrogen-bond acceptors (Lipinski definition) is 7. The van der Waals surface area contributed by atoms with Crippen LogP contribution in [0.1, 0.15) is 24.1 Å². The summed E-state index contributed by atoms with van der Waals surface area (Å²) in [5, 5.41) is 14.0. The minimum Gasteiger partial charge on any atom is -0.392 e. The zero-order valence-corrected chi connectivity index (χ0v) is 18.3. The van der Waals surface area contributed by atoms with E-state index < -0.39 is 0 Å². The summed E-state index contributed by atoms with van der Waals surface area (Å²) < 4.78 is 0. The largest absolute Gasteiger partial charge is 0.392 e. The van der Waals surface area contributed by atoms with Crippen LogP contribution in [0.2, 0.25) is 5.02 Å². The summed E-state index contributed by atoms with van der Waals surface area (Å²) in [5.74, 6) is 0.732. The number of thioether (sulfide) groups is 1. The highest BCUT2D eigenvalue weighted by Crippen LogP contribution is 2.42. The van der Waals surface area contributed by atoms with Gasteiger partial charge in [0.25, 0.3) is 5.69 Å². The molecular formula is C21H17ClN6S2. The molecule has 4 rings (SSSR count). The van der Waals surface area contributed by atoms with E-state index in [0.717, 1.165) is 42.2 Å². The van der Waals surface area contributed by atoms with Crippen molar-refractivity contribution in [1.29, 1.82) is 5.26 Å². The number of nitrogen functional groups attached to an aromatic ring is 1. The molecule has 150 valence electrons. The maximum Gasteiger partial charge on any atom is 0.251 e. The average molecular weight is 453 g/mol. The number of benzene rings is 1. The molecule has 2 aromatic heterocycles. The molecule has 30 heavy (non-hydrogen) atoms.